The maximum absolute atomic E-state index is 11.9. The van der Waals surface area contributed by atoms with Gasteiger partial charge < -0.3 is 14.0 Å². The number of carbonyl (C=O) groups excluding carboxylic acids is 2. The lowest BCUT2D eigenvalue weighted by molar-refractivity contribution is -0.146. The normalized spacial score (nSPS) is 11.9. The van der Waals surface area contributed by atoms with E-state index in [0.29, 0.717) is 19.4 Å². The van der Waals surface area contributed by atoms with Crippen LogP contribution in [-0.4, -0.2) is 28.1 Å². The van der Waals surface area contributed by atoms with Crippen LogP contribution in [0.1, 0.15) is 55.7 Å². The molecule has 1 unspecified atom stereocenters. The Bertz CT molecular complexity index is 1330. The van der Waals surface area contributed by atoms with E-state index >= 15 is 0 Å². The molecule has 0 spiro atoms. The molecule has 2 aromatic carbocycles. The summed E-state index contributed by atoms with van der Waals surface area (Å²) in [4.78, 5) is 27.7. The second kappa shape index (κ2) is 11.7. The van der Waals surface area contributed by atoms with Crippen LogP contribution in [0.15, 0.2) is 73.1 Å². The zero-order valence-corrected chi connectivity index (χ0v) is 21.1. The summed E-state index contributed by atoms with van der Waals surface area (Å²) < 4.78 is 12.6. The minimum Gasteiger partial charge on any atom is -0.466 e. The van der Waals surface area contributed by atoms with Gasteiger partial charge in [-0.2, -0.15) is 0 Å². The summed E-state index contributed by atoms with van der Waals surface area (Å²) in [7, 11) is 0. The standard InChI is InChI=1S/C30H32N2O4/c1-4-35-30(34)17-9-23-8-16-29-28(19-23)25(10-13-26-7-5-6-18-31-26)20-32(29)27-14-11-24(12-15-27)21(2)36-22(3)33/h5-8,11-12,14-16,18-21H,4,9-10,13,17H2,1-3H3. The molecular weight excluding hydrogens is 452 g/mol. The number of hydrogen-bond donors (Lipinski definition) is 0. The number of esters is 2. The van der Waals surface area contributed by atoms with Gasteiger partial charge in [0.05, 0.1) is 12.1 Å². The van der Waals surface area contributed by atoms with Crippen molar-refractivity contribution in [3.8, 4) is 5.69 Å². The minimum atomic E-state index is -0.297. The molecule has 4 aromatic rings. The quantitative estimate of drug-likeness (QED) is 0.261. The van der Waals surface area contributed by atoms with Gasteiger partial charge in [0.2, 0.25) is 0 Å². The van der Waals surface area contributed by atoms with Gasteiger partial charge in [0.1, 0.15) is 6.10 Å². The Hall–Kier alpha value is -3.93. The highest BCUT2D eigenvalue weighted by Crippen LogP contribution is 2.29. The molecule has 0 N–H and O–H groups in total. The van der Waals surface area contributed by atoms with Crippen molar-refractivity contribution in [2.45, 2.75) is 52.6 Å². The maximum atomic E-state index is 11.9. The number of aryl methyl sites for hydroxylation is 3. The van der Waals surface area contributed by atoms with Crippen molar-refractivity contribution >= 4 is 22.8 Å². The van der Waals surface area contributed by atoms with Crippen LogP contribution in [0.2, 0.25) is 0 Å². The fourth-order valence-electron chi connectivity index (χ4n) is 4.42. The van der Waals surface area contributed by atoms with Gasteiger partial charge in [0.15, 0.2) is 0 Å². The van der Waals surface area contributed by atoms with E-state index in [1.807, 2.05) is 62.5 Å². The number of aromatic nitrogens is 2. The zero-order chi connectivity index (χ0) is 25.5. The molecule has 0 radical (unpaired) electrons. The summed E-state index contributed by atoms with van der Waals surface area (Å²) in [6.07, 6.45) is 6.41. The van der Waals surface area contributed by atoms with Crippen molar-refractivity contribution in [1.82, 2.24) is 9.55 Å². The van der Waals surface area contributed by atoms with Gasteiger partial charge in [0.25, 0.3) is 0 Å². The number of carbonyl (C=O) groups is 2. The Morgan fingerprint density at radius 2 is 1.81 bits per heavy atom. The van der Waals surface area contributed by atoms with Crippen LogP contribution >= 0.6 is 0 Å². The molecule has 0 fully saturated rings. The average Bonchev–Trinajstić information content (AvgIpc) is 3.24. The van der Waals surface area contributed by atoms with E-state index in [2.05, 4.69) is 33.9 Å². The van der Waals surface area contributed by atoms with Crippen molar-refractivity contribution in [1.29, 1.82) is 0 Å². The lowest BCUT2D eigenvalue weighted by Gasteiger charge is -2.13. The number of pyridine rings is 1. The molecule has 2 aromatic heterocycles. The van der Waals surface area contributed by atoms with Gasteiger partial charge in [-0.05, 0) is 86.2 Å². The van der Waals surface area contributed by atoms with E-state index in [1.54, 1.807) is 0 Å². The van der Waals surface area contributed by atoms with Crippen LogP contribution in [-0.2, 0) is 38.3 Å². The monoisotopic (exact) mass is 484 g/mol. The number of rotatable bonds is 10. The molecule has 0 saturated heterocycles. The van der Waals surface area contributed by atoms with Crippen molar-refractivity contribution in [2.75, 3.05) is 6.61 Å². The minimum absolute atomic E-state index is 0.173. The van der Waals surface area contributed by atoms with Gasteiger partial charge in [-0.25, -0.2) is 0 Å². The van der Waals surface area contributed by atoms with Gasteiger partial charge in [-0.3, -0.25) is 14.6 Å². The Morgan fingerprint density at radius 3 is 2.50 bits per heavy atom. The van der Waals surface area contributed by atoms with Crippen LogP contribution in [0.3, 0.4) is 0 Å². The lowest BCUT2D eigenvalue weighted by atomic mass is 10.0. The first-order valence-corrected chi connectivity index (χ1v) is 12.4. The largest absolute Gasteiger partial charge is 0.466 e. The van der Waals surface area contributed by atoms with Crippen LogP contribution in [0, 0.1) is 0 Å². The summed E-state index contributed by atoms with van der Waals surface area (Å²) in [5.74, 6) is -0.465. The van der Waals surface area contributed by atoms with Crippen molar-refractivity contribution < 1.29 is 19.1 Å². The van der Waals surface area contributed by atoms with Crippen LogP contribution < -0.4 is 0 Å². The first-order valence-electron chi connectivity index (χ1n) is 12.4. The predicted molar refractivity (Wildman–Crippen MR) is 140 cm³/mol. The Labute approximate surface area is 211 Å². The van der Waals surface area contributed by atoms with Crippen molar-refractivity contribution in [2.24, 2.45) is 0 Å². The van der Waals surface area contributed by atoms with E-state index in [4.69, 9.17) is 9.47 Å². The number of ether oxygens (including phenoxy) is 2. The molecule has 0 aliphatic carbocycles. The summed E-state index contributed by atoms with van der Waals surface area (Å²) in [5, 5.41) is 1.17. The van der Waals surface area contributed by atoms with Crippen molar-refractivity contribution in [3.63, 3.8) is 0 Å². The lowest BCUT2D eigenvalue weighted by Crippen LogP contribution is -2.05. The highest BCUT2D eigenvalue weighted by Gasteiger charge is 2.14. The number of hydrogen-bond acceptors (Lipinski definition) is 5. The van der Waals surface area contributed by atoms with Gasteiger partial charge in [-0.1, -0.05) is 24.3 Å². The maximum Gasteiger partial charge on any atom is 0.306 e. The van der Waals surface area contributed by atoms with E-state index < -0.39 is 0 Å². The predicted octanol–water partition coefficient (Wildman–Crippen LogP) is 5.93. The van der Waals surface area contributed by atoms with E-state index in [0.717, 1.165) is 40.9 Å². The highest BCUT2D eigenvalue weighted by molar-refractivity contribution is 5.86. The summed E-state index contributed by atoms with van der Waals surface area (Å²) in [6, 6.07) is 20.5. The highest BCUT2D eigenvalue weighted by atomic mass is 16.5. The summed E-state index contributed by atoms with van der Waals surface area (Å²) in [5.41, 5.74) is 6.47. The molecule has 36 heavy (non-hydrogen) atoms. The number of fused-ring (bicyclic) bond motifs is 1. The molecular formula is C30H32N2O4. The fraction of sp³-hybridized carbons (Fsp3) is 0.300. The third kappa shape index (κ3) is 6.19. The first-order chi connectivity index (χ1) is 17.4. The topological polar surface area (TPSA) is 70.4 Å². The SMILES string of the molecule is CCOC(=O)CCc1ccc2c(c1)c(CCc1ccccn1)cn2-c1ccc(C(C)OC(C)=O)cc1. The molecule has 0 saturated carbocycles. The van der Waals surface area contributed by atoms with E-state index in [-0.39, 0.29) is 18.0 Å². The smallest absolute Gasteiger partial charge is 0.306 e. The molecule has 4 rings (SSSR count). The van der Waals surface area contributed by atoms with Crippen LogP contribution in [0.5, 0.6) is 0 Å². The van der Waals surface area contributed by atoms with Crippen molar-refractivity contribution in [3.05, 3.63) is 95.4 Å². The fourth-order valence-corrected chi connectivity index (χ4v) is 4.42. The molecule has 0 aliphatic rings. The summed E-state index contributed by atoms with van der Waals surface area (Å²) in [6.45, 7) is 5.51. The van der Waals surface area contributed by atoms with Crippen LogP contribution in [0.4, 0.5) is 0 Å². The number of benzene rings is 2. The average molecular weight is 485 g/mol. The van der Waals surface area contributed by atoms with Crippen LogP contribution in [0.25, 0.3) is 16.6 Å². The summed E-state index contributed by atoms with van der Waals surface area (Å²) >= 11 is 0. The third-order valence-electron chi connectivity index (χ3n) is 6.23. The Kier molecular flexibility index (Phi) is 8.16. The van der Waals surface area contributed by atoms with Gasteiger partial charge >= 0.3 is 11.9 Å². The second-order valence-corrected chi connectivity index (χ2v) is 8.85. The molecule has 6 nitrogen and oxygen atoms in total. The first kappa shape index (κ1) is 25.2. The molecule has 0 bridgehead atoms. The van der Waals surface area contributed by atoms with Gasteiger partial charge in [0, 0.05) is 42.5 Å². The zero-order valence-electron chi connectivity index (χ0n) is 21.1. The van der Waals surface area contributed by atoms with E-state index in [9.17, 15) is 9.59 Å². The molecule has 0 amide bonds. The molecule has 6 heteroatoms. The third-order valence-corrected chi connectivity index (χ3v) is 6.23. The second-order valence-electron chi connectivity index (χ2n) is 8.85. The van der Waals surface area contributed by atoms with E-state index in [1.165, 1.54) is 17.9 Å². The molecule has 1 atom stereocenters. The molecule has 2 heterocycles. The molecule has 0 aliphatic heterocycles. The Morgan fingerprint density at radius 1 is 1.00 bits per heavy atom. The molecule has 186 valence electrons. The van der Waals surface area contributed by atoms with Gasteiger partial charge in [-0.15, -0.1) is 0 Å². The Balaban J connectivity index is 1.65. The number of nitrogens with zero attached hydrogens (tertiary/aromatic N) is 2.